The number of amides is 1. The quantitative estimate of drug-likeness (QED) is 0.616. The van der Waals surface area contributed by atoms with E-state index in [1.807, 2.05) is 35.4 Å². The molecule has 1 aromatic carbocycles. The molecule has 1 saturated heterocycles. The predicted molar refractivity (Wildman–Crippen MR) is 122 cm³/mol. The molecule has 0 saturated carbocycles. The van der Waals surface area contributed by atoms with Crippen molar-refractivity contribution in [3.8, 4) is 0 Å². The number of aromatic nitrogens is 2. The molecule has 156 valence electrons. The molecule has 0 radical (unpaired) electrons. The first kappa shape index (κ1) is 20.5. The van der Waals surface area contributed by atoms with E-state index >= 15 is 0 Å². The van der Waals surface area contributed by atoms with Crippen LogP contribution in [0.4, 0.5) is 5.82 Å². The number of thiophene rings is 1. The van der Waals surface area contributed by atoms with Gasteiger partial charge in [0.1, 0.15) is 11.6 Å². The fraction of sp³-hybridized carbons (Fsp3) is 0.375. The number of carbonyl (C=O) groups is 1. The highest BCUT2D eigenvalue weighted by molar-refractivity contribution is 7.12. The van der Waals surface area contributed by atoms with E-state index in [9.17, 15) is 4.79 Å². The van der Waals surface area contributed by atoms with E-state index in [1.165, 1.54) is 22.5 Å². The van der Waals surface area contributed by atoms with Gasteiger partial charge in [-0.3, -0.25) is 4.79 Å². The van der Waals surface area contributed by atoms with Crippen LogP contribution < -0.4 is 4.90 Å². The normalized spacial score (nSPS) is 14.6. The van der Waals surface area contributed by atoms with E-state index in [4.69, 9.17) is 9.97 Å². The Bertz CT molecular complexity index is 988. The van der Waals surface area contributed by atoms with Crippen molar-refractivity contribution in [2.75, 3.05) is 31.1 Å². The van der Waals surface area contributed by atoms with Crippen LogP contribution in [-0.4, -0.2) is 47.0 Å². The molecule has 1 aliphatic rings. The number of hydrogen-bond donors (Lipinski definition) is 0. The lowest BCUT2D eigenvalue weighted by Crippen LogP contribution is -2.35. The summed E-state index contributed by atoms with van der Waals surface area (Å²) in [5, 5.41) is 1.96. The molecule has 6 heteroatoms. The second-order valence-electron chi connectivity index (χ2n) is 7.65. The Hall–Kier alpha value is -2.73. The highest BCUT2D eigenvalue weighted by Crippen LogP contribution is 2.26. The molecular weight excluding hydrogens is 392 g/mol. The molecule has 0 unspecified atom stereocenters. The van der Waals surface area contributed by atoms with Crippen LogP contribution in [0.2, 0.25) is 0 Å². The van der Waals surface area contributed by atoms with Crippen molar-refractivity contribution in [1.29, 1.82) is 0 Å². The average Bonchev–Trinajstić information content (AvgIpc) is 3.20. The monoisotopic (exact) mass is 420 g/mol. The number of anilines is 1. The third kappa shape index (κ3) is 4.54. The standard InChI is InChI=1S/C24H28N4OS/c1-3-21-20(17-19-9-5-4-6-10-19)23(26-18(2)25-21)27-12-8-13-28(15-14-27)24(29)22-11-7-16-30-22/h4-7,9-11,16H,3,8,12-15,17H2,1-2H3. The van der Waals surface area contributed by atoms with Gasteiger partial charge in [0.05, 0.1) is 4.88 Å². The molecule has 1 aliphatic heterocycles. The lowest BCUT2D eigenvalue weighted by atomic mass is 10.0. The Kier molecular flexibility index (Phi) is 6.43. The second-order valence-corrected chi connectivity index (χ2v) is 8.59. The van der Waals surface area contributed by atoms with Gasteiger partial charge in [0.15, 0.2) is 0 Å². The van der Waals surface area contributed by atoms with Crippen molar-refractivity contribution in [3.63, 3.8) is 0 Å². The van der Waals surface area contributed by atoms with Gasteiger partial charge in [0.2, 0.25) is 0 Å². The lowest BCUT2D eigenvalue weighted by molar-refractivity contribution is 0.0772. The minimum absolute atomic E-state index is 0.143. The summed E-state index contributed by atoms with van der Waals surface area (Å²) in [6.07, 6.45) is 2.65. The second kappa shape index (κ2) is 9.39. The van der Waals surface area contributed by atoms with Crippen molar-refractivity contribution in [1.82, 2.24) is 14.9 Å². The summed E-state index contributed by atoms with van der Waals surface area (Å²) < 4.78 is 0. The number of rotatable bonds is 5. The van der Waals surface area contributed by atoms with Crippen LogP contribution in [0.25, 0.3) is 0 Å². The first-order valence-corrected chi connectivity index (χ1v) is 11.5. The molecule has 1 amide bonds. The molecule has 0 atom stereocenters. The molecule has 3 aromatic rings. The third-order valence-corrected chi connectivity index (χ3v) is 6.41. The molecule has 1 fully saturated rings. The number of nitrogens with zero attached hydrogens (tertiary/aromatic N) is 4. The summed E-state index contributed by atoms with van der Waals surface area (Å²) in [5.74, 6) is 1.99. The van der Waals surface area contributed by atoms with E-state index in [2.05, 4.69) is 36.1 Å². The number of aryl methyl sites for hydroxylation is 2. The van der Waals surface area contributed by atoms with Gasteiger partial charge in [0.25, 0.3) is 5.91 Å². The number of hydrogen-bond acceptors (Lipinski definition) is 5. The fourth-order valence-corrected chi connectivity index (χ4v) is 4.75. The summed E-state index contributed by atoms with van der Waals surface area (Å²) >= 11 is 1.51. The van der Waals surface area contributed by atoms with Crippen LogP contribution in [0.15, 0.2) is 47.8 Å². The first-order valence-electron chi connectivity index (χ1n) is 10.6. The molecule has 5 nitrogen and oxygen atoms in total. The van der Waals surface area contributed by atoms with Crippen LogP contribution in [-0.2, 0) is 12.8 Å². The summed E-state index contributed by atoms with van der Waals surface area (Å²) in [6.45, 7) is 7.31. The van der Waals surface area contributed by atoms with Crippen LogP contribution in [0.5, 0.6) is 0 Å². The maximum absolute atomic E-state index is 12.8. The Morgan fingerprint density at radius 3 is 2.60 bits per heavy atom. The molecular formula is C24H28N4OS. The minimum Gasteiger partial charge on any atom is -0.354 e. The van der Waals surface area contributed by atoms with Crippen LogP contribution in [0.3, 0.4) is 0 Å². The summed E-state index contributed by atoms with van der Waals surface area (Å²) in [5.41, 5.74) is 3.61. The molecule has 0 spiro atoms. The van der Waals surface area contributed by atoms with Gasteiger partial charge in [0, 0.05) is 43.9 Å². The van der Waals surface area contributed by atoms with Crippen molar-refractivity contribution >= 4 is 23.1 Å². The minimum atomic E-state index is 0.143. The topological polar surface area (TPSA) is 49.3 Å². The zero-order valence-corrected chi connectivity index (χ0v) is 18.5. The van der Waals surface area contributed by atoms with E-state index in [-0.39, 0.29) is 5.91 Å². The average molecular weight is 421 g/mol. The maximum Gasteiger partial charge on any atom is 0.263 e. The van der Waals surface area contributed by atoms with Gasteiger partial charge >= 0.3 is 0 Å². The van der Waals surface area contributed by atoms with Gasteiger partial charge in [-0.15, -0.1) is 11.3 Å². The summed E-state index contributed by atoms with van der Waals surface area (Å²) in [7, 11) is 0. The largest absolute Gasteiger partial charge is 0.354 e. The highest BCUT2D eigenvalue weighted by atomic mass is 32.1. The lowest BCUT2D eigenvalue weighted by Gasteiger charge is -2.26. The van der Waals surface area contributed by atoms with Crippen molar-refractivity contribution in [2.45, 2.75) is 33.1 Å². The maximum atomic E-state index is 12.8. The van der Waals surface area contributed by atoms with Crippen LogP contribution in [0, 0.1) is 6.92 Å². The predicted octanol–water partition coefficient (Wildman–Crippen LogP) is 4.35. The zero-order chi connectivity index (χ0) is 20.9. The highest BCUT2D eigenvalue weighted by Gasteiger charge is 2.24. The van der Waals surface area contributed by atoms with Crippen LogP contribution in [0.1, 0.15) is 45.7 Å². The summed E-state index contributed by atoms with van der Waals surface area (Å²) in [4.78, 5) is 27.6. The van der Waals surface area contributed by atoms with Crippen molar-refractivity contribution in [3.05, 3.63) is 75.4 Å². The molecule has 3 heterocycles. The van der Waals surface area contributed by atoms with Gasteiger partial charge in [-0.1, -0.05) is 43.3 Å². The van der Waals surface area contributed by atoms with Crippen LogP contribution >= 0.6 is 11.3 Å². The Morgan fingerprint density at radius 2 is 1.87 bits per heavy atom. The Balaban J connectivity index is 1.59. The van der Waals surface area contributed by atoms with E-state index in [0.29, 0.717) is 6.54 Å². The molecule has 0 aliphatic carbocycles. The molecule has 0 bridgehead atoms. The van der Waals surface area contributed by atoms with E-state index < -0.39 is 0 Å². The van der Waals surface area contributed by atoms with Gasteiger partial charge < -0.3 is 9.80 Å². The SMILES string of the molecule is CCc1nc(C)nc(N2CCCN(C(=O)c3cccs3)CC2)c1Cc1ccccc1. The van der Waals surface area contributed by atoms with E-state index in [0.717, 1.165) is 61.1 Å². The Labute approximate surface area is 182 Å². The van der Waals surface area contributed by atoms with Gasteiger partial charge in [-0.25, -0.2) is 9.97 Å². The Morgan fingerprint density at radius 1 is 1.03 bits per heavy atom. The number of benzene rings is 1. The van der Waals surface area contributed by atoms with E-state index in [1.54, 1.807) is 0 Å². The molecule has 4 rings (SSSR count). The molecule has 30 heavy (non-hydrogen) atoms. The summed E-state index contributed by atoms with van der Waals surface area (Å²) in [6, 6.07) is 14.4. The number of carbonyl (C=O) groups excluding carboxylic acids is 1. The first-order chi connectivity index (χ1) is 14.7. The van der Waals surface area contributed by atoms with Gasteiger partial charge in [-0.05, 0) is 36.8 Å². The molecule has 2 aromatic heterocycles. The van der Waals surface area contributed by atoms with Gasteiger partial charge in [-0.2, -0.15) is 0 Å². The zero-order valence-electron chi connectivity index (χ0n) is 17.7. The van der Waals surface area contributed by atoms with Crippen molar-refractivity contribution < 1.29 is 4.79 Å². The van der Waals surface area contributed by atoms with Crippen molar-refractivity contribution in [2.24, 2.45) is 0 Å². The molecule has 0 N–H and O–H groups in total. The smallest absolute Gasteiger partial charge is 0.263 e. The third-order valence-electron chi connectivity index (χ3n) is 5.56. The fourth-order valence-electron chi connectivity index (χ4n) is 4.06.